The number of nitrogens with zero attached hydrogens (tertiary/aromatic N) is 4. The van der Waals surface area contributed by atoms with E-state index >= 15 is 0 Å². The Labute approximate surface area is 177 Å². The molecule has 1 amide bonds. The lowest BCUT2D eigenvalue weighted by Gasteiger charge is -2.23. The predicted octanol–water partition coefficient (Wildman–Crippen LogP) is 2.47. The predicted molar refractivity (Wildman–Crippen MR) is 115 cm³/mol. The van der Waals surface area contributed by atoms with E-state index in [1.54, 1.807) is 0 Å². The van der Waals surface area contributed by atoms with Crippen LogP contribution in [-0.2, 0) is 11.2 Å². The van der Waals surface area contributed by atoms with Gasteiger partial charge in [0.2, 0.25) is 6.41 Å². The molecule has 0 spiro atoms. The molecule has 1 fully saturated rings. The summed E-state index contributed by atoms with van der Waals surface area (Å²) in [5.74, 6) is 0.303. The summed E-state index contributed by atoms with van der Waals surface area (Å²) in [6.45, 7) is 4.63. The van der Waals surface area contributed by atoms with E-state index in [-0.39, 0.29) is 12.2 Å². The number of hydrogen-bond acceptors (Lipinski definition) is 7. The molecule has 30 heavy (non-hydrogen) atoms. The monoisotopic (exact) mass is 413 g/mol. The number of aromatic amines is 1. The van der Waals surface area contributed by atoms with Crippen molar-refractivity contribution < 1.29 is 9.53 Å². The number of nitrogens with one attached hydrogen (secondary N) is 2. The second-order valence-corrected chi connectivity index (χ2v) is 7.70. The average Bonchev–Trinajstić information content (AvgIpc) is 3.33. The van der Waals surface area contributed by atoms with Crippen molar-refractivity contribution >= 4 is 23.3 Å². The van der Waals surface area contributed by atoms with Crippen molar-refractivity contribution in [3.8, 4) is 12.1 Å². The lowest BCUT2D eigenvalue weighted by atomic mass is 10.1. The third-order valence-corrected chi connectivity index (χ3v) is 5.59. The number of amides is 1. The number of anilines is 1. The summed E-state index contributed by atoms with van der Waals surface area (Å²) in [6.07, 6.45) is 8.80. The number of hydrogen-bond donors (Lipinski definition) is 3. The number of aromatic nitrogens is 3. The van der Waals surface area contributed by atoms with Crippen LogP contribution in [0.25, 0.3) is 11.0 Å². The number of fused-ring (bicyclic) bond motifs is 1. The zero-order chi connectivity index (χ0) is 21.3. The maximum absolute atomic E-state index is 10.7. The van der Waals surface area contributed by atoms with Crippen molar-refractivity contribution in [1.82, 2.24) is 25.2 Å². The van der Waals surface area contributed by atoms with Gasteiger partial charge in [-0.05, 0) is 38.5 Å². The van der Waals surface area contributed by atoms with Crippen molar-refractivity contribution in [2.24, 2.45) is 0 Å². The minimum atomic E-state index is 0.173. The Morgan fingerprint density at radius 1 is 1.37 bits per heavy atom. The fourth-order valence-corrected chi connectivity index (χ4v) is 3.98. The first kappa shape index (κ1) is 21.8. The Kier molecular flexibility index (Phi) is 7.85. The number of H-pyrrole nitrogens is 1. The fourth-order valence-electron chi connectivity index (χ4n) is 3.98. The minimum Gasteiger partial charge on any atom is -0.463 e. The molecule has 1 atom stereocenters. The van der Waals surface area contributed by atoms with Crippen molar-refractivity contribution in [2.75, 3.05) is 25.4 Å². The Morgan fingerprint density at radius 2 is 2.23 bits per heavy atom. The molecule has 1 saturated heterocycles. The number of nitriles is 1. The number of unbranched alkanes of at least 4 members (excludes halogenated alkanes) is 3. The molecule has 0 saturated carbocycles. The number of likely N-dealkylation sites (tertiary alicyclic amines) is 1. The van der Waals surface area contributed by atoms with Crippen LogP contribution in [0.15, 0.2) is 0 Å². The Morgan fingerprint density at radius 3 is 3.00 bits per heavy atom. The van der Waals surface area contributed by atoms with Gasteiger partial charge in [-0.2, -0.15) is 15.2 Å². The largest absolute Gasteiger partial charge is 0.463 e. The standard InChI is InChI=1S/C21H31N7O2/c1-2-3-12-30-21-26-18-15(16(13-22)25-19(18)20(23)27-21)8-5-4-6-10-28-11-7-9-17(28)24-14-29/h14,17,25H,2-12H2,1H3,(H,24,29)(H2,23,26,27)/t17-/m1/s1. The van der Waals surface area contributed by atoms with Crippen LogP contribution in [0.2, 0.25) is 0 Å². The van der Waals surface area contributed by atoms with E-state index in [0.29, 0.717) is 29.2 Å². The molecule has 0 unspecified atom stereocenters. The van der Waals surface area contributed by atoms with Gasteiger partial charge >= 0.3 is 6.01 Å². The highest BCUT2D eigenvalue weighted by Gasteiger charge is 2.23. The zero-order valence-electron chi connectivity index (χ0n) is 17.6. The zero-order valence-corrected chi connectivity index (χ0v) is 17.6. The number of carbonyl (C=O) groups excluding carboxylic acids is 1. The van der Waals surface area contributed by atoms with Gasteiger partial charge in [0.05, 0.1) is 12.8 Å². The Hall–Kier alpha value is -2.86. The van der Waals surface area contributed by atoms with Crippen LogP contribution in [0.5, 0.6) is 6.01 Å². The minimum absolute atomic E-state index is 0.173. The van der Waals surface area contributed by atoms with Gasteiger partial charge in [0.25, 0.3) is 0 Å². The SMILES string of the molecule is CCCCOc1nc(N)c2[nH]c(C#N)c(CCCCCN3CCC[C@@H]3NC=O)c2n1. The Balaban J connectivity index is 1.60. The molecule has 4 N–H and O–H groups in total. The van der Waals surface area contributed by atoms with Gasteiger partial charge in [-0.3, -0.25) is 9.69 Å². The highest BCUT2D eigenvalue weighted by molar-refractivity contribution is 5.89. The molecule has 162 valence electrons. The molecule has 9 heteroatoms. The second-order valence-electron chi connectivity index (χ2n) is 7.70. The number of aryl methyl sites for hydroxylation is 1. The number of nitrogen functional groups attached to an aromatic ring is 1. The summed E-state index contributed by atoms with van der Waals surface area (Å²) in [4.78, 5) is 24.8. The molecule has 9 nitrogen and oxygen atoms in total. The highest BCUT2D eigenvalue weighted by atomic mass is 16.5. The number of ether oxygens (including phenoxy) is 1. The molecule has 2 aromatic rings. The van der Waals surface area contributed by atoms with Gasteiger partial charge in [-0.15, -0.1) is 0 Å². The van der Waals surface area contributed by atoms with Crippen LogP contribution in [0.3, 0.4) is 0 Å². The normalized spacial score (nSPS) is 16.6. The van der Waals surface area contributed by atoms with E-state index in [2.05, 4.69) is 38.2 Å². The summed E-state index contributed by atoms with van der Waals surface area (Å²) in [5.41, 5.74) is 8.73. The second kappa shape index (κ2) is 10.8. The molecule has 0 aliphatic carbocycles. The topological polar surface area (TPSA) is 133 Å². The molecule has 1 aliphatic heterocycles. The third-order valence-electron chi connectivity index (χ3n) is 5.59. The fraction of sp³-hybridized carbons (Fsp3) is 0.619. The Bertz CT molecular complexity index is 890. The molecule has 1 aliphatic rings. The van der Waals surface area contributed by atoms with E-state index in [0.717, 1.165) is 76.4 Å². The lowest BCUT2D eigenvalue weighted by Crippen LogP contribution is -2.40. The van der Waals surface area contributed by atoms with Crippen LogP contribution in [0.1, 0.15) is 63.1 Å². The van der Waals surface area contributed by atoms with Crippen LogP contribution in [0, 0.1) is 11.3 Å². The molecule has 0 radical (unpaired) electrons. The van der Waals surface area contributed by atoms with Gasteiger partial charge < -0.3 is 20.8 Å². The van der Waals surface area contributed by atoms with E-state index in [4.69, 9.17) is 10.5 Å². The summed E-state index contributed by atoms with van der Waals surface area (Å²) in [5, 5.41) is 12.4. The van der Waals surface area contributed by atoms with E-state index in [1.165, 1.54) is 0 Å². The van der Waals surface area contributed by atoms with Gasteiger partial charge in [0.1, 0.15) is 22.8 Å². The summed E-state index contributed by atoms with van der Waals surface area (Å²) in [6, 6.07) is 2.48. The quantitative estimate of drug-likeness (QED) is 0.359. The molecule has 0 aromatic carbocycles. The molecule has 2 aromatic heterocycles. The first-order valence-corrected chi connectivity index (χ1v) is 10.8. The van der Waals surface area contributed by atoms with E-state index in [1.807, 2.05) is 0 Å². The van der Waals surface area contributed by atoms with Gasteiger partial charge in [-0.1, -0.05) is 19.8 Å². The van der Waals surface area contributed by atoms with Crippen molar-refractivity contribution in [3.63, 3.8) is 0 Å². The maximum atomic E-state index is 10.7. The smallest absolute Gasteiger partial charge is 0.319 e. The molecule has 0 bridgehead atoms. The van der Waals surface area contributed by atoms with Gasteiger partial charge in [-0.25, -0.2) is 0 Å². The molecular weight excluding hydrogens is 382 g/mol. The molecule has 3 heterocycles. The van der Waals surface area contributed by atoms with Crippen LogP contribution >= 0.6 is 0 Å². The summed E-state index contributed by atoms with van der Waals surface area (Å²) in [7, 11) is 0. The first-order valence-electron chi connectivity index (χ1n) is 10.8. The number of rotatable bonds is 12. The van der Waals surface area contributed by atoms with E-state index in [9.17, 15) is 10.1 Å². The van der Waals surface area contributed by atoms with E-state index < -0.39 is 0 Å². The van der Waals surface area contributed by atoms with Crippen molar-refractivity contribution in [3.05, 3.63) is 11.3 Å². The molecule has 3 rings (SSSR count). The van der Waals surface area contributed by atoms with Crippen molar-refractivity contribution in [1.29, 1.82) is 5.26 Å². The lowest BCUT2D eigenvalue weighted by molar-refractivity contribution is -0.111. The average molecular weight is 414 g/mol. The molecular formula is C21H31N7O2. The van der Waals surface area contributed by atoms with Crippen LogP contribution in [0.4, 0.5) is 5.82 Å². The first-order chi connectivity index (χ1) is 14.7. The van der Waals surface area contributed by atoms with Crippen LogP contribution < -0.4 is 15.8 Å². The number of nitrogens with two attached hydrogens (primary N) is 1. The van der Waals surface area contributed by atoms with Gasteiger partial charge in [0.15, 0.2) is 5.82 Å². The highest BCUT2D eigenvalue weighted by Crippen LogP contribution is 2.27. The van der Waals surface area contributed by atoms with Crippen LogP contribution in [-0.4, -0.2) is 52.1 Å². The van der Waals surface area contributed by atoms with Crippen molar-refractivity contribution in [2.45, 2.75) is 64.5 Å². The maximum Gasteiger partial charge on any atom is 0.319 e. The van der Waals surface area contributed by atoms with Gasteiger partial charge in [0, 0.05) is 18.7 Å². The third kappa shape index (κ3) is 5.19. The number of carbonyl (C=O) groups is 1. The summed E-state index contributed by atoms with van der Waals surface area (Å²) < 4.78 is 5.63. The summed E-state index contributed by atoms with van der Waals surface area (Å²) >= 11 is 0.